The fraction of sp³-hybridized carbons (Fsp3) is 1.00. The van der Waals surface area contributed by atoms with Crippen molar-refractivity contribution in [1.82, 2.24) is 6.15 Å². The second-order valence-corrected chi connectivity index (χ2v) is 3.02. The lowest BCUT2D eigenvalue weighted by Crippen LogP contribution is -2.21. The van der Waals surface area contributed by atoms with Crippen LogP contribution in [0.5, 0.6) is 0 Å². The third-order valence-corrected chi connectivity index (χ3v) is 2.49. The van der Waals surface area contributed by atoms with Crippen molar-refractivity contribution in [3.63, 3.8) is 0 Å². The van der Waals surface area contributed by atoms with Gasteiger partial charge >= 0.3 is 0 Å². The Morgan fingerprint density at radius 1 is 1.00 bits per heavy atom. The van der Waals surface area contributed by atoms with Crippen molar-refractivity contribution in [3.05, 3.63) is 0 Å². The highest BCUT2D eigenvalue weighted by molar-refractivity contribution is 4.76. The molecule has 0 bridgehead atoms. The summed E-state index contributed by atoms with van der Waals surface area (Å²) in [6, 6.07) is 0. The topological polar surface area (TPSA) is 35.0 Å². The van der Waals surface area contributed by atoms with E-state index >= 15 is 0 Å². The Balaban J connectivity index is 0.000000640. The monoisotopic (exact) mass is 129 g/mol. The van der Waals surface area contributed by atoms with Crippen molar-refractivity contribution in [1.29, 1.82) is 0 Å². The van der Waals surface area contributed by atoms with Crippen LogP contribution in [0.2, 0.25) is 0 Å². The van der Waals surface area contributed by atoms with Gasteiger partial charge in [-0.2, -0.15) is 0 Å². The molecule has 1 fully saturated rings. The van der Waals surface area contributed by atoms with Crippen molar-refractivity contribution >= 4 is 0 Å². The molecular formula is C8H19N. The van der Waals surface area contributed by atoms with Crippen LogP contribution in [-0.2, 0) is 0 Å². The summed E-state index contributed by atoms with van der Waals surface area (Å²) in [6.07, 6.45) is 5.87. The van der Waals surface area contributed by atoms with E-state index in [1.165, 1.54) is 25.7 Å². The van der Waals surface area contributed by atoms with Crippen LogP contribution >= 0.6 is 0 Å². The van der Waals surface area contributed by atoms with E-state index in [0.29, 0.717) is 0 Å². The molecule has 1 saturated carbocycles. The Labute approximate surface area is 58.4 Å². The molecule has 3 N–H and O–H groups in total. The zero-order valence-electron chi connectivity index (χ0n) is 6.69. The lowest BCUT2D eigenvalue weighted by Gasteiger charge is -2.33. The van der Waals surface area contributed by atoms with Crippen molar-refractivity contribution in [2.45, 2.75) is 39.5 Å². The van der Waals surface area contributed by atoms with Gasteiger partial charge in [-0.3, -0.25) is 0 Å². The summed E-state index contributed by atoms with van der Waals surface area (Å²) < 4.78 is 0. The summed E-state index contributed by atoms with van der Waals surface area (Å²) in [5.41, 5.74) is 0. The first-order chi connectivity index (χ1) is 3.86. The SMILES string of the molecule is CCC1CC(CC)C1.N. The normalized spacial score (nSPS) is 32.7. The minimum Gasteiger partial charge on any atom is -0.344 e. The van der Waals surface area contributed by atoms with Gasteiger partial charge in [0.05, 0.1) is 0 Å². The molecule has 0 spiro atoms. The molecular weight excluding hydrogens is 110 g/mol. The maximum atomic E-state index is 2.30. The van der Waals surface area contributed by atoms with Gasteiger partial charge in [0, 0.05) is 0 Å². The molecule has 56 valence electrons. The zero-order chi connectivity index (χ0) is 5.98. The van der Waals surface area contributed by atoms with Crippen molar-refractivity contribution in [3.8, 4) is 0 Å². The van der Waals surface area contributed by atoms with Gasteiger partial charge < -0.3 is 6.15 Å². The molecule has 1 heteroatoms. The smallest absolute Gasteiger partial charge is 0.0412 e. The van der Waals surface area contributed by atoms with E-state index in [-0.39, 0.29) is 6.15 Å². The average Bonchev–Trinajstić information content (AvgIpc) is 1.65. The largest absolute Gasteiger partial charge is 0.344 e. The second-order valence-electron chi connectivity index (χ2n) is 3.02. The van der Waals surface area contributed by atoms with Gasteiger partial charge in [-0.15, -0.1) is 0 Å². The summed E-state index contributed by atoms with van der Waals surface area (Å²) in [7, 11) is 0. The molecule has 0 aromatic carbocycles. The van der Waals surface area contributed by atoms with Gasteiger partial charge in [0.25, 0.3) is 0 Å². The third kappa shape index (κ3) is 1.98. The van der Waals surface area contributed by atoms with Gasteiger partial charge in [0.1, 0.15) is 0 Å². The molecule has 1 rings (SSSR count). The van der Waals surface area contributed by atoms with Gasteiger partial charge in [0.2, 0.25) is 0 Å². The number of rotatable bonds is 2. The molecule has 9 heavy (non-hydrogen) atoms. The van der Waals surface area contributed by atoms with Crippen molar-refractivity contribution < 1.29 is 0 Å². The first kappa shape index (κ1) is 8.96. The molecule has 0 saturated heterocycles. The van der Waals surface area contributed by atoms with Crippen LogP contribution in [0.1, 0.15) is 39.5 Å². The molecule has 0 atom stereocenters. The molecule has 1 aliphatic rings. The van der Waals surface area contributed by atoms with Gasteiger partial charge in [0.15, 0.2) is 0 Å². The summed E-state index contributed by atoms with van der Waals surface area (Å²) in [5.74, 6) is 2.19. The van der Waals surface area contributed by atoms with Crippen LogP contribution in [0.4, 0.5) is 0 Å². The summed E-state index contributed by atoms with van der Waals surface area (Å²) in [6.45, 7) is 4.60. The first-order valence-corrected chi connectivity index (χ1v) is 3.86. The van der Waals surface area contributed by atoms with Gasteiger partial charge in [-0.05, 0) is 24.7 Å². The Hall–Kier alpha value is -0.0400. The maximum absolute atomic E-state index is 2.30. The highest BCUT2D eigenvalue weighted by Crippen LogP contribution is 2.37. The maximum Gasteiger partial charge on any atom is -0.0412 e. The molecule has 1 aliphatic carbocycles. The van der Waals surface area contributed by atoms with E-state index in [2.05, 4.69) is 13.8 Å². The van der Waals surface area contributed by atoms with E-state index in [4.69, 9.17) is 0 Å². The molecule has 0 amide bonds. The molecule has 0 radical (unpaired) electrons. The average molecular weight is 129 g/mol. The second kappa shape index (κ2) is 3.89. The van der Waals surface area contributed by atoms with Crippen molar-refractivity contribution in [2.75, 3.05) is 0 Å². The third-order valence-electron chi connectivity index (χ3n) is 2.49. The standard InChI is InChI=1S/C8H16.H3N/c1-3-7-5-8(4-2)6-7;/h7-8H,3-6H2,1-2H3;1H3. The summed E-state index contributed by atoms with van der Waals surface area (Å²) in [4.78, 5) is 0. The fourth-order valence-corrected chi connectivity index (χ4v) is 1.54. The van der Waals surface area contributed by atoms with E-state index in [1.54, 1.807) is 0 Å². The highest BCUT2D eigenvalue weighted by Gasteiger charge is 2.25. The van der Waals surface area contributed by atoms with Crippen LogP contribution in [0, 0.1) is 11.8 Å². The predicted octanol–water partition coefficient (Wildman–Crippen LogP) is 2.99. The zero-order valence-corrected chi connectivity index (χ0v) is 6.69. The van der Waals surface area contributed by atoms with Crippen LogP contribution < -0.4 is 6.15 Å². The van der Waals surface area contributed by atoms with Crippen LogP contribution in [0.15, 0.2) is 0 Å². The highest BCUT2D eigenvalue weighted by atomic mass is 14.3. The van der Waals surface area contributed by atoms with E-state index in [0.717, 1.165) is 11.8 Å². The van der Waals surface area contributed by atoms with Crippen LogP contribution in [0.25, 0.3) is 0 Å². The Morgan fingerprint density at radius 2 is 1.33 bits per heavy atom. The van der Waals surface area contributed by atoms with Crippen LogP contribution in [0.3, 0.4) is 0 Å². The lowest BCUT2D eigenvalue weighted by atomic mass is 9.72. The Bertz CT molecular complexity index is 57.0. The first-order valence-electron chi connectivity index (χ1n) is 3.86. The molecule has 0 aliphatic heterocycles. The Kier molecular flexibility index (Phi) is 3.87. The predicted molar refractivity (Wildman–Crippen MR) is 41.8 cm³/mol. The Morgan fingerprint density at radius 3 is 1.56 bits per heavy atom. The van der Waals surface area contributed by atoms with E-state index in [9.17, 15) is 0 Å². The van der Waals surface area contributed by atoms with Gasteiger partial charge in [-0.25, -0.2) is 0 Å². The quantitative estimate of drug-likeness (QED) is 0.611. The molecule has 0 aromatic rings. The van der Waals surface area contributed by atoms with E-state index < -0.39 is 0 Å². The lowest BCUT2D eigenvalue weighted by molar-refractivity contribution is 0.183. The fourth-order valence-electron chi connectivity index (χ4n) is 1.54. The molecule has 0 unspecified atom stereocenters. The van der Waals surface area contributed by atoms with E-state index in [1.807, 2.05) is 0 Å². The number of hydrogen-bond donors (Lipinski definition) is 1. The summed E-state index contributed by atoms with van der Waals surface area (Å²) >= 11 is 0. The molecule has 1 nitrogen and oxygen atoms in total. The minimum atomic E-state index is 0. The molecule has 0 aromatic heterocycles. The van der Waals surface area contributed by atoms with Crippen molar-refractivity contribution in [2.24, 2.45) is 11.8 Å². The summed E-state index contributed by atoms with van der Waals surface area (Å²) in [5, 5.41) is 0. The number of hydrogen-bond acceptors (Lipinski definition) is 1. The molecule has 0 heterocycles. The van der Waals surface area contributed by atoms with Crippen LogP contribution in [-0.4, -0.2) is 0 Å². The van der Waals surface area contributed by atoms with Gasteiger partial charge in [-0.1, -0.05) is 26.7 Å². The minimum absolute atomic E-state index is 0.